The van der Waals surface area contributed by atoms with Crippen LogP contribution in [0, 0.1) is 0 Å². The number of nitrogens with one attached hydrogen (secondary N) is 1. The molecule has 0 radical (unpaired) electrons. The fourth-order valence-corrected chi connectivity index (χ4v) is 3.74. The number of carbonyl (C=O) groups is 1. The van der Waals surface area contributed by atoms with Gasteiger partial charge in [0.05, 0.1) is 21.2 Å². The van der Waals surface area contributed by atoms with E-state index in [0.717, 1.165) is 10.6 Å². The number of carbonyl (C=O) groups excluding carboxylic acids is 1. The standard InChI is InChI=1S/C18H21ClN2O6S2/c1-21(2)29(25,26)15-7-8-17(19)16(12-15)18(22)20-13-5-4-6-14(11-13)27-9-10-28(3,23)24/h4-8,11-12H,9-10H2,1-3H3,(H,20,22). The Labute approximate surface area is 175 Å². The highest BCUT2D eigenvalue weighted by Gasteiger charge is 2.21. The lowest BCUT2D eigenvalue weighted by atomic mass is 10.2. The van der Waals surface area contributed by atoms with Gasteiger partial charge >= 0.3 is 0 Å². The van der Waals surface area contributed by atoms with Crippen molar-refractivity contribution in [2.75, 3.05) is 38.0 Å². The van der Waals surface area contributed by atoms with Gasteiger partial charge in [-0.15, -0.1) is 0 Å². The van der Waals surface area contributed by atoms with Crippen molar-refractivity contribution in [1.29, 1.82) is 0 Å². The molecule has 2 rings (SSSR count). The van der Waals surface area contributed by atoms with Crippen LogP contribution in [0.15, 0.2) is 47.4 Å². The molecule has 0 unspecified atom stereocenters. The Morgan fingerprint density at radius 2 is 1.79 bits per heavy atom. The van der Waals surface area contributed by atoms with Gasteiger partial charge < -0.3 is 10.1 Å². The lowest BCUT2D eigenvalue weighted by Crippen LogP contribution is -2.23. The lowest BCUT2D eigenvalue weighted by Gasteiger charge is -2.13. The fourth-order valence-electron chi connectivity index (χ4n) is 2.22. The van der Waals surface area contributed by atoms with Crippen LogP contribution < -0.4 is 10.1 Å². The Morgan fingerprint density at radius 3 is 2.41 bits per heavy atom. The Bertz CT molecular complexity index is 1110. The van der Waals surface area contributed by atoms with Gasteiger partial charge in [-0.3, -0.25) is 4.79 Å². The molecule has 0 atom stereocenters. The molecule has 0 aliphatic heterocycles. The maximum Gasteiger partial charge on any atom is 0.257 e. The van der Waals surface area contributed by atoms with Crippen LogP contribution in [0.4, 0.5) is 5.69 Å². The number of sulfone groups is 1. The quantitative estimate of drug-likeness (QED) is 0.647. The second kappa shape index (κ2) is 9.12. The van der Waals surface area contributed by atoms with Crippen molar-refractivity contribution in [3.8, 4) is 5.75 Å². The van der Waals surface area contributed by atoms with Crippen LogP contribution >= 0.6 is 11.6 Å². The Balaban J connectivity index is 2.19. The molecule has 158 valence electrons. The van der Waals surface area contributed by atoms with Crippen molar-refractivity contribution in [2.45, 2.75) is 4.90 Å². The van der Waals surface area contributed by atoms with Crippen LogP contribution in [-0.4, -0.2) is 59.8 Å². The van der Waals surface area contributed by atoms with Gasteiger partial charge in [-0.05, 0) is 30.3 Å². The first-order valence-electron chi connectivity index (χ1n) is 8.34. The molecule has 0 aromatic heterocycles. The van der Waals surface area contributed by atoms with Crippen LogP contribution in [0.5, 0.6) is 5.75 Å². The number of sulfonamides is 1. The van der Waals surface area contributed by atoms with E-state index in [1.807, 2.05) is 0 Å². The van der Waals surface area contributed by atoms with Gasteiger partial charge in [-0.1, -0.05) is 17.7 Å². The highest BCUT2D eigenvalue weighted by Crippen LogP contribution is 2.24. The number of hydrogen-bond acceptors (Lipinski definition) is 6. The number of ether oxygens (including phenoxy) is 1. The van der Waals surface area contributed by atoms with E-state index in [2.05, 4.69) is 5.32 Å². The van der Waals surface area contributed by atoms with E-state index in [1.165, 1.54) is 38.4 Å². The Hall–Kier alpha value is -2.14. The molecule has 0 bridgehead atoms. The molecule has 0 saturated heterocycles. The Kier molecular flexibility index (Phi) is 7.28. The summed E-state index contributed by atoms with van der Waals surface area (Å²) in [6.07, 6.45) is 1.11. The van der Waals surface area contributed by atoms with E-state index in [9.17, 15) is 21.6 Å². The highest BCUT2D eigenvalue weighted by atomic mass is 35.5. The summed E-state index contributed by atoms with van der Waals surface area (Å²) in [6.45, 7) is -0.0213. The molecule has 0 aliphatic rings. The number of nitrogens with zero attached hydrogens (tertiary/aromatic N) is 1. The van der Waals surface area contributed by atoms with Crippen molar-refractivity contribution in [2.24, 2.45) is 0 Å². The predicted octanol–water partition coefficient (Wildman–Crippen LogP) is 2.27. The lowest BCUT2D eigenvalue weighted by molar-refractivity contribution is 0.102. The van der Waals surface area contributed by atoms with E-state index in [-0.39, 0.29) is 27.8 Å². The smallest absolute Gasteiger partial charge is 0.257 e. The summed E-state index contributed by atoms with van der Waals surface area (Å²) in [4.78, 5) is 12.6. The zero-order valence-electron chi connectivity index (χ0n) is 16.0. The van der Waals surface area contributed by atoms with Gasteiger partial charge in [-0.25, -0.2) is 21.1 Å². The SMILES string of the molecule is CN(C)S(=O)(=O)c1ccc(Cl)c(C(=O)Nc2cccc(OCCS(C)(=O)=O)c2)c1. The number of hydrogen-bond donors (Lipinski definition) is 1. The van der Waals surface area contributed by atoms with Crippen molar-refractivity contribution in [1.82, 2.24) is 4.31 Å². The molecular weight excluding hydrogens is 440 g/mol. The number of anilines is 1. The first kappa shape index (κ1) is 23.1. The van der Waals surface area contributed by atoms with E-state index >= 15 is 0 Å². The third kappa shape index (κ3) is 6.43. The summed E-state index contributed by atoms with van der Waals surface area (Å²) in [7, 11) is -4.10. The van der Waals surface area contributed by atoms with E-state index < -0.39 is 25.8 Å². The fraction of sp³-hybridized carbons (Fsp3) is 0.278. The predicted molar refractivity (Wildman–Crippen MR) is 112 cm³/mol. The summed E-state index contributed by atoms with van der Waals surface area (Å²) in [5.74, 6) is -0.354. The van der Waals surface area contributed by atoms with Gasteiger partial charge in [0.25, 0.3) is 5.91 Å². The number of amides is 1. The summed E-state index contributed by atoms with van der Waals surface area (Å²) in [5, 5.41) is 2.72. The van der Waals surface area contributed by atoms with Crippen molar-refractivity contribution in [3.63, 3.8) is 0 Å². The van der Waals surface area contributed by atoms with Crippen molar-refractivity contribution in [3.05, 3.63) is 53.1 Å². The average Bonchev–Trinajstić information content (AvgIpc) is 2.61. The molecule has 11 heteroatoms. The number of rotatable bonds is 8. The van der Waals surface area contributed by atoms with Crippen molar-refractivity contribution >= 4 is 43.1 Å². The first-order chi connectivity index (χ1) is 13.4. The van der Waals surface area contributed by atoms with Gasteiger partial charge in [0, 0.05) is 32.1 Å². The zero-order chi connectivity index (χ0) is 21.8. The monoisotopic (exact) mass is 460 g/mol. The molecule has 0 saturated carbocycles. The molecule has 0 fully saturated rings. The molecular formula is C18H21ClN2O6S2. The van der Waals surface area contributed by atoms with Crippen LogP contribution in [-0.2, 0) is 19.9 Å². The van der Waals surface area contributed by atoms with Gasteiger partial charge in [0.15, 0.2) is 9.84 Å². The van der Waals surface area contributed by atoms with Gasteiger partial charge in [0.2, 0.25) is 10.0 Å². The molecule has 8 nitrogen and oxygen atoms in total. The maximum absolute atomic E-state index is 12.6. The molecule has 2 aromatic rings. The van der Waals surface area contributed by atoms with E-state index in [4.69, 9.17) is 16.3 Å². The van der Waals surface area contributed by atoms with Crippen LogP contribution in [0.25, 0.3) is 0 Å². The van der Waals surface area contributed by atoms with E-state index in [1.54, 1.807) is 18.2 Å². The third-order valence-electron chi connectivity index (χ3n) is 3.78. The van der Waals surface area contributed by atoms with E-state index in [0.29, 0.717) is 11.4 Å². The molecule has 0 spiro atoms. The third-order valence-corrected chi connectivity index (χ3v) is 6.82. The second-order valence-corrected chi connectivity index (χ2v) is 11.2. The first-order valence-corrected chi connectivity index (χ1v) is 12.2. The summed E-state index contributed by atoms with van der Waals surface area (Å²) in [6, 6.07) is 10.3. The molecule has 2 aromatic carbocycles. The molecule has 0 aliphatic carbocycles. The molecule has 1 amide bonds. The largest absolute Gasteiger partial charge is 0.492 e. The van der Waals surface area contributed by atoms with Crippen LogP contribution in [0.3, 0.4) is 0 Å². The minimum Gasteiger partial charge on any atom is -0.492 e. The molecule has 0 heterocycles. The van der Waals surface area contributed by atoms with Crippen molar-refractivity contribution < 1.29 is 26.4 Å². The minimum atomic E-state index is -3.73. The zero-order valence-corrected chi connectivity index (χ0v) is 18.4. The normalized spacial score (nSPS) is 12.0. The summed E-state index contributed by atoms with van der Waals surface area (Å²) < 4.78 is 53.3. The van der Waals surface area contributed by atoms with Crippen LogP contribution in [0.2, 0.25) is 5.02 Å². The topological polar surface area (TPSA) is 110 Å². The molecule has 1 N–H and O–H groups in total. The molecule has 29 heavy (non-hydrogen) atoms. The summed E-state index contributed by atoms with van der Waals surface area (Å²) >= 11 is 6.08. The highest BCUT2D eigenvalue weighted by molar-refractivity contribution is 7.90. The average molecular weight is 461 g/mol. The number of halogens is 1. The number of benzene rings is 2. The second-order valence-electron chi connectivity index (χ2n) is 6.39. The van der Waals surface area contributed by atoms with Gasteiger partial charge in [0.1, 0.15) is 12.4 Å². The Morgan fingerprint density at radius 1 is 1.10 bits per heavy atom. The summed E-state index contributed by atoms with van der Waals surface area (Å²) in [5.41, 5.74) is 0.377. The van der Waals surface area contributed by atoms with Crippen LogP contribution in [0.1, 0.15) is 10.4 Å². The minimum absolute atomic E-state index is 0.00186. The van der Waals surface area contributed by atoms with Gasteiger partial charge in [-0.2, -0.15) is 0 Å². The maximum atomic E-state index is 12.6.